The van der Waals surface area contributed by atoms with Crippen molar-refractivity contribution in [2.75, 3.05) is 5.33 Å². The Labute approximate surface area is 84.4 Å². The highest BCUT2D eigenvalue weighted by molar-refractivity contribution is 9.09. The fourth-order valence-corrected chi connectivity index (χ4v) is 1.12. The Balaban J connectivity index is 3.03. The lowest BCUT2D eigenvalue weighted by Crippen LogP contribution is -1.86. The van der Waals surface area contributed by atoms with Crippen molar-refractivity contribution >= 4 is 28.3 Å². The van der Waals surface area contributed by atoms with Gasteiger partial charge in [0.25, 0.3) is 0 Å². The van der Waals surface area contributed by atoms with Crippen LogP contribution in [0.4, 0.5) is 4.39 Å². The third-order valence-electron chi connectivity index (χ3n) is 1.54. The van der Waals surface area contributed by atoms with Gasteiger partial charge in [-0.3, -0.25) is 4.79 Å². The second-order valence-corrected chi connectivity index (χ2v) is 3.10. The van der Waals surface area contributed by atoms with Gasteiger partial charge < -0.3 is 0 Å². The van der Waals surface area contributed by atoms with Crippen LogP contribution >= 0.6 is 15.9 Å². The number of hydrogen-bond acceptors (Lipinski definition) is 1. The summed E-state index contributed by atoms with van der Waals surface area (Å²) in [7, 11) is 0. The summed E-state index contributed by atoms with van der Waals surface area (Å²) in [6, 6.07) is 4.26. The molecule has 0 N–H and O–H groups in total. The zero-order valence-electron chi connectivity index (χ0n) is 6.84. The van der Waals surface area contributed by atoms with Crippen molar-refractivity contribution in [1.29, 1.82) is 0 Å². The molecule has 13 heavy (non-hydrogen) atoms. The highest BCUT2D eigenvalue weighted by Gasteiger charge is 1.98. The molecular formula is C10H8BrFO. The minimum atomic E-state index is -0.317. The summed E-state index contributed by atoms with van der Waals surface area (Å²) in [4.78, 5) is 10.4. The van der Waals surface area contributed by atoms with Gasteiger partial charge in [0, 0.05) is 16.5 Å². The fourth-order valence-electron chi connectivity index (χ4n) is 0.935. The fraction of sp³-hybridized carbons (Fsp3) is 0.100. The smallest absolute Gasteiger partial charge is 0.150 e. The van der Waals surface area contributed by atoms with E-state index < -0.39 is 0 Å². The number of carbonyl (C=O) groups excluding carboxylic acids is 1. The van der Waals surface area contributed by atoms with Gasteiger partial charge in [0.15, 0.2) is 0 Å². The molecular weight excluding hydrogens is 235 g/mol. The topological polar surface area (TPSA) is 17.1 Å². The van der Waals surface area contributed by atoms with Gasteiger partial charge in [-0.2, -0.15) is 0 Å². The minimum absolute atomic E-state index is 0.317. The first-order valence-electron chi connectivity index (χ1n) is 3.75. The lowest BCUT2D eigenvalue weighted by Gasteiger charge is -1.96. The second-order valence-electron chi connectivity index (χ2n) is 2.46. The highest BCUT2D eigenvalue weighted by atomic mass is 79.9. The molecule has 0 aliphatic heterocycles. The van der Waals surface area contributed by atoms with E-state index in [1.165, 1.54) is 18.2 Å². The van der Waals surface area contributed by atoms with E-state index in [0.717, 1.165) is 0 Å². The molecule has 0 aliphatic rings. The number of allylic oxidation sites excluding steroid dienone is 1. The standard InChI is InChI=1S/C10H8BrFO/c11-5-1-2-9-6-8(7-13)3-4-10(9)12/h1-4,6-7H,5H2. The summed E-state index contributed by atoms with van der Waals surface area (Å²) < 4.78 is 13.0. The van der Waals surface area contributed by atoms with E-state index in [-0.39, 0.29) is 5.82 Å². The van der Waals surface area contributed by atoms with Crippen molar-refractivity contribution < 1.29 is 9.18 Å². The molecule has 0 radical (unpaired) electrons. The lowest BCUT2D eigenvalue weighted by atomic mass is 10.1. The Kier molecular flexibility index (Phi) is 3.83. The van der Waals surface area contributed by atoms with Gasteiger partial charge in [-0.1, -0.05) is 28.1 Å². The van der Waals surface area contributed by atoms with Crippen molar-refractivity contribution in [3.8, 4) is 0 Å². The summed E-state index contributed by atoms with van der Waals surface area (Å²) in [5.41, 5.74) is 0.916. The van der Waals surface area contributed by atoms with Gasteiger partial charge in [0.2, 0.25) is 0 Å². The normalized spacial score (nSPS) is 10.6. The van der Waals surface area contributed by atoms with E-state index in [1.54, 1.807) is 12.2 Å². The molecule has 1 aromatic rings. The second kappa shape index (κ2) is 4.92. The summed E-state index contributed by atoms with van der Waals surface area (Å²) >= 11 is 3.19. The molecule has 0 aliphatic carbocycles. The van der Waals surface area contributed by atoms with Crippen LogP contribution in [0.5, 0.6) is 0 Å². The average molecular weight is 243 g/mol. The Morgan fingerprint density at radius 2 is 2.23 bits per heavy atom. The van der Waals surface area contributed by atoms with Crippen LogP contribution in [0.2, 0.25) is 0 Å². The molecule has 0 atom stereocenters. The number of benzene rings is 1. The lowest BCUT2D eigenvalue weighted by molar-refractivity contribution is 0.112. The first-order valence-corrected chi connectivity index (χ1v) is 4.87. The summed E-state index contributed by atoms with van der Waals surface area (Å²) in [5.74, 6) is -0.317. The van der Waals surface area contributed by atoms with E-state index >= 15 is 0 Å². The van der Waals surface area contributed by atoms with Crippen molar-refractivity contribution in [3.63, 3.8) is 0 Å². The van der Waals surface area contributed by atoms with Crippen LogP contribution in [0, 0.1) is 5.82 Å². The largest absolute Gasteiger partial charge is 0.298 e. The van der Waals surface area contributed by atoms with Crippen LogP contribution in [-0.2, 0) is 0 Å². The molecule has 0 aromatic heterocycles. The predicted molar refractivity (Wildman–Crippen MR) is 54.6 cm³/mol. The Morgan fingerprint density at radius 3 is 2.85 bits per heavy atom. The van der Waals surface area contributed by atoms with E-state index in [0.29, 0.717) is 22.7 Å². The number of alkyl halides is 1. The van der Waals surface area contributed by atoms with Crippen LogP contribution < -0.4 is 0 Å². The molecule has 0 spiro atoms. The zero-order chi connectivity index (χ0) is 9.68. The molecule has 0 heterocycles. The summed E-state index contributed by atoms with van der Waals surface area (Å²) in [6.45, 7) is 0. The van der Waals surface area contributed by atoms with Crippen molar-refractivity contribution in [1.82, 2.24) is 0 Å². The maximum absolute atomic E-state index is 13.0. The van der Waals surface area contributed by atoms with E-state index in [1.807, 2.05) is 0 Å². The van der Waals surface area contributed by atoms with Gasteiger partial charge in [-0.05, 0) is 18.2 Å². The molecule has 68 valence electrons. The Morgan fingerprint density at radius 1 is 1.46 bits per heavy atom. The molecule has 0 fully saturated rings. The maximum Gasteiger partial charge on any atom is 0.150 e. The molecule has 0 saturated heterocycles. The van der Waals surface area contributed by atoms with Gasteiger partial charge in [0.1, 0.15) is 12.1 Å². The molecule has 1 aromatic carbocycles. The van der Waals surface area contributed by atoms with Gasteiger partial charge in [-0.15, -0.1) is 0 Å². The zero-order valence-corrected chi connectivity index (χ0v) is 8.42. The first-order chi connectivity index (χ1) is 6.27. The number of aldehydes is 1. The van der Waals surface area contributed by atoms with E-state index in [2.05, 4.69) is 15.9 Å². The van der Waals surface area contributed by atoms with Crippen LogP contribution in [-0.4, -0.2) is 11.6 Å². The van der Waals surface area contributed by atoms with Crippen molar-refractivity contribution in [3.05, 3.63) is 41.2 Å². The number of rotatable bonds is 3. The number of halogens is 2. The van der Waals surface area contributed by atoms with Gasteiger partial charge in [0.05, 0.1) is 0 Å². The monoisotopic (exact) mass is 242 g/mol. The van der Waals surface area contributed by atoms with E-state index in [4.69, 9.17) is 0 Å². The maximum atomic E-state index is 13.0. The molecule has 1 nitrogen and oxygen atoms in total. The molecule has 0 saturated carbocycles. The number of hydrogen-bond donors (Lipinski definition) is 0. The van der Waals surface area contributed by atoms with Gasteiger partial charge >= 0.3 is 0 Å². The Bertz CT molecular complexity index is 334. The third-order valence-corrected chi connectivity index (χ3v) is 1.92. The molecule has 1 rings (SSSR count). The van der Waals surface area contributed by atoms with Crippen molar-refractivity contribution in [2.45, 2.75) is 0 Å². The van der Waals surface area contributed by atoms with Gasteiger partial charge in [-0.25, -0.2) is 4.39 Å². The van der Waals surface area contributed by atoms with Crippen molar-refractivity contribution in [2.24, 2.45) is 0 Å². The molecule has 0 bridgehead atoms. The SMILES string of the molecule is O=Cc1ccc(F)c(C=CCBr)c1. The van der Waals surface area contributed by atoms with E-state index in [9.17, 15) is 9.18 Å². The predicted octanol–water partition coefficient (Wildman–Crippen LogP) is 3.05. The average Bonchev–Trinajstić information content (AvgIpc) is 2.17. The quantitative estimate of drug-likeness (QED) is 0.589. The third kappa shape index (κ3) is 2.77. The summed E-state index contributed by atoms with van der Waals surface area (Å²) in [6.07, 6.45) is 4.11. The minimum Gasteiger partial charge on any atom is -0.298 e. The number of carbonyl (C=O) groups is 1. The highest BCUT2D eigenvalue weighted by Crippen LogP contribution is 2.11. The van der Waals surface area contributed by atoms with Crippen LogP contribution in [0.25, 0.3) is 6.08 Å². The van der Waals surface area contributed by atoms with Crippen LogP contribution in [0.15, 0.2) is 24.3 Å². The Hall–Kier alpha value is -0.960. The molecule has 0 amide bonds. The summed E-state index contributed by atoms with van der Waals surface area (Å²) in [5, 5.41) is 0.664. The molecule has 0 unspecified atom stereocenters. The molecule has 3 heteroatoms. The van der Waals surface area contributed by atoms with Crippen LogP contribution in [0.3, 0.4) is 0 Å². The first kappa shape index (κ1) is 10.1. The van der Waals surface area contributed by atoms with Crippen LogP contribution in [0.1, 0.15) is 15.9 Å².